The van der Waals surface area contributed by atoms with Gasteiger partial charge in [-0.15, -0.1) is 0 Å². The molecule has 2 rings (SSSR count). The van der Waals surface area contributed by atoms with E-state index in [1.165, 1.54) is 12.5 Å². The summed E-state index contributed by atoms with van der Waals surface area (Å²) in [6, 6.07) is 4.73. The monoisotopic (exact) mass is 405 g/mol. The third kappa shape index (κ3) is 3.85. The summed E-state index contributed by atoms with van der Waals surface area (Å²) in [6.45, 7) is 0. The Morgan fingerprint density at radius 2 is 2.00 bits per heavy atom. The standard InChI is InChI=1S/C16H18BrCl2NO2/c1-20-16(7-3-2-4-8-16)14(10-17)22-15(21)12-6-5-11(18)9-13(12)19/h5-6,9-10,20H,2-4,7-8H2,1H3. The minimum absolute atomic E-state index is 0.286. The van der Waals surface area contributed by atoms with Crippen molar-refractivity contribution in [2.75, 3.05) is 7.05 Å². The molecule has 0 aromatic heterocycles. The molecule has 0 radical (unpaired) electrons. The van der Waals surface area contributed by atoms with E-state index in [1.54, 1.807) is 17.1 Å². The van der Waals surface area contributed by atoms with Crippen molar-refractivity contribution in [3.8, 4) is 0 Å². The number of ether oxygens (including phenoxy) is 1. The number of carbonyl (C=O) groups excluding carboxylic acids is 1. The maximum atomic E-state index is 12.4. The Morgan fingerprint density at radius 1 is 1.32 bits per heavy atom. The fourth-order valence-electron chi connectivity index (χ4n) is 2.81. The zero-order valence-corrected chi connectivity index (χ0v) is 15.4. The van der Waals surface area contributed by atoms with Crippen molar-refractivity contribution in [2.45, 2.75) is 37.6 Å². The highest BCUT2D eigenvalue weighted by Gasteiger charge is 2.37. The molecule has 1 aromatic rings. The second-order valence-electron chi connectivity index (χ2n) is 5.38. The molecule has 120 valence electrons. The van der Waals surface area contributed by atoms with Crippen molar-refractivity contribution < 1.29 is 9.53 Å². The molecule has 0 bridgehead atoms. The van der Waals surface area contributed by atoms with E-state index in [4.69, 9.17) is 27.9 Å². The molecule has 0 aliphatic heterocycles. The summed E-state index contributed by atoms with van der Waals surface area (Å²) in [5, 5.41) is 4.09. The van der Waals surface area contributed by atoms with Gasteiger partial charge in [0.1, 0.15) is 5.76 Å². The van der Waals surface area contributed by atoms with Crippen molar-refractivity contribution in [2.24, 2.45) is 0 Å². The first-order valence-corrected chi connectivity index (χ1v) is 8.86. The van der Waals surface area contributed by atoms with Crippen LogP contribution in [-0.4, -0.2) is 18.6 Å². The summed E-state index contributed by atoms with van der Waals surface area (Å²) in [5.41, 5.74) is -0.00368. The Morgan fingerprint density at radius 3 is 2.55 bits per heavy atom. The number of hydrogen-bond donors (Lipinski definition) is 1. The highest BCUT2D eigenvalue weighted by atomic mass is 79.9. The van der Waals surface area contributed by atoms with E-state index >= 15 is 0 Å². The minimum atomic E-state index is -0.479. The average Bonchev–Trinajstić information content (AvgIpc) is 2.53. The Bertz CT molecular complexity index is 584. The molecule has 3 nitrogen and oxygen atoms in total. The van der Waals surface area contributed by atoms with Gasteiger partial charge in [0.05, 0.1) is 16.1 Å². The molecule has 0 heterocycles. The van der Waals surface area contributed by atoms with Crippen LogP contribution >= 0.6 is 39.1 Å². The van der Waals surface area contributed by atoms with Crippen molar-refractivity contribution in [3.05, 3.63) is 44.6 Å². The summed E-state index contributed by atoms with van der Waals surface area (Å²) >= 11 is 15.3. The Balaban J connectivity index is 2.21. The Labute approximate surface area is 149 Å². The van der Waals surface area contributed by atoms with Crippen LogP contribution in [-0.2, 0) is 4.74 Å². The van der Waals surface area contributed by atoms with Gasteiger partial charge in [0.25, 0.3) is 0 Å². The van der Waals surface area contributed by atoms with Crippen LogP contribution in [0.5, 0.6) is 0 Å². The number of benzene rings is 1. The first-order valence-electron chi connectivity index (χ1n) is 7.19. The molecule has 22 heavy (non-hydrogen) atoms. The molecular formula is C16H18BrCl2NO2. The molecule has 0 saturated heterocycles. The number of nitrogens with one attached hydrogen (secondary N) is 1. The molecule has 1 fully saturated rings. The van der Waals surface area contributed by atoms with Gasteiger partial charge in [-0.3, -0.25) is 0 Å². The highest BCUT2D eigenvalue weighted by Crippen LogP contribution is 2.36. The summed E-state index contributed by atoms with van der Waals surface area (Å²) in [5.74, 6) is 0.110. The van der Waals surface area contributed by atoms with Gasteiger partial charge in [-0.05, 0) is 38.1 Å². The molecule has 1 aromatic carbocycles. The lowest BCUT2D eigenvalue weighted by Crippen LogP contribution is -2.47. The van der Waals surface area contributed by atoms with Crippen molar-refractivity contribution in [1.82, 2.24) is 5.32 Å². The van der Waals surface area contributed by atoms with E-state index in [-0.39, 0.29) is 10.6 Å². The van der Waals surface area contributed by atoms with E-state index < -0.39 is 5.97 Å². The molecule has 6 heteroatoms. The summed E-state index contributed by atoms with van der Waals surface area (Å²) in [7, 11) is 1.89. The topological polar surface area (TPSA) is 38.3 Å². The first-order chi connectivity index (χ1) is 10.5. The summed E-state index contributed by atoms with van der Waals surface area (Å²) in [4.78, 5) is 14.1. The Hall–Kier alpha value is -0.550. The lowest BCUT2D eigenvalue weighted by atomic mass is 9.80. The van der Waals surface area contributed by atoms with Gasteiger partial charge in [0.2, 0.25) is 0 Å². The molecule has 0 atom stereocenters. The highest BCUT2D eigenvalue weighted by molar-refractivity contribution is 9.11. The van der Waals surface area contributed by atoms with Crippen molar-refractivity contribution in [1.29, 1.82) is 0 Å². The number of carbonyl (C=O) groups is 1. The third-order valence-corrected chi connectivity index (χ3v) is 5.07. The average molecular weight is 407 g/mol. The molecule has 1 N–H and O–H groups in total. The van der Waals surface area contributed by atoms with Crippen LogP contribution in [0.3, 0.4) is 0 Å². The van der Waals surface area contributed by atoms with E-state index in [9.17, 15) is 4.79 Å². The number of esters is 1. The van der Waals surface area contributed by atoms with Crippen molar-refractivity contribution >= 4 is 45.1 Å². The fraction of sp³-hybridized carbons (Fsp3) is 0.438. The minimum Gasteiger partial charge on any atom is -0.425 e. The van der Waals surface area contributed by atoms with Gasteiger partial charge in [-0.1, -0.05) is 58.4 Å². The van der Waals surface area contributed by atoms with Crippen LogP contribution < -0.4 is 5.32 Å². The smallest absolute Gasteiger partial charge is 0.344 e. The molecule has 1 aliphatic carbocycles. The van der Waals surface area contributed by atoms with E-state index in [2.05, 4.69) is 21.2 Å². The first kappa shape index (κ1) is 17.8. The van der Waals surface area contributed by atoms with Gasteiger partial charge >= 0.3 is 5.97 Å². The van der Waals surface area contributed by atoms with Gasteiger partial charge in [0, 0.05) is 10.0 Å². The quantitative estimate of drug-likeness (QED) is 0.543. The largest absolute Gasteiger partial charge is 0.425 e. The number of halogens is 3. The molecular weight excluding hydrogens is 389 g/mol. The van der Waals surface area contributed by atoms with Crippen LogP contribution in [0, 0.1) is 0 Å². The van der Waals surface area contributed by atoms with Crippen LogP contribution in [0.15, 0.2) is 28.9 Å². The van der Waals surface area contributed by atoms with E-state index in [1.807, 2.05) is 7.05 Å². The lowest BCUT2D eigenvalue weighted by Gasteiger charge is -2.37. The van der Waals surface area contributed by atoms with E-state index in [0.717, 1.165) is 25.7 Å². The zero-order chi connectivity index (χ0) is 16.2. The van der Waals surface area contributed by atoms with Gasteiger partial charge in [-0.25, -0.2) is 4.79 Å². The van der Waals surface area contributed by atoms with Gasteiger partial charge in [0.15, 0.2) is 0 Å². The Kier molecular flexibility index (Phi) is 6.33. The molecule has 0 unspecified atom stereocenters. The fourth-order valence-corrected chi connectivity index (χ4v) is 3.83. The zero-order valence-electron chi connectivity index (χ0n) is 12.3. The third-order valence-electron chi connectivity index (χ3n) is 4.11. The second-order valence-corrected chi connectivity index (χ2v) is 6.68. The second kappa shape index (κ2) is 7.82. The molecule has 0 amide bonds. The van der Waals surface area contributed by atoms with Crippen LogP contribution in [0.2, 0.25) is 10.0 Å². The van der Waals surface area contributed by atoms with E-state index in [0.29, 0.717) is 16.3 Å². The molecule has 1 aliphatic rings. The lowest BCUT2D eigenvalue weighted by molar-refractivity contribution is 0.0535. The van der Waals surface area contributed by atoms with Crippen molar-refractivity contribution in [3.63, 3.8) is 0 Å². The van der Waals surface area contributed by atoms with Crippen LogP contribution in [0.1, 0.15) is 42.5 Å². The normalized spacial score (nSPS) is 18.1. The predicted octanol–water partition coefficient (Wildman–Crippen LogP) is 5.31. The summed E-state index contributed by atoms with van der Waals surface area (Å²) in [6.07, 6.45) is 5.27. The number of hydrogen-bond acceptors (Lipinski definition) is 3. The SMILES string of the molecule is CNC1(C(=CBr)OC(=O)c2ccc(Cl)cc2Cl)CCCCC1. The summed E-state index contributed by atoms with van der Waals surface area (Å²) < 4.78 is 5.63. The number of rotatable bonds is 4. The molecule has 0 spiro atoms. The maximum Gasteiger partial charge on any atom is 0.344 e. The number of likely N-dealkylation sites (N-methyl/N-ethyl adjacent to an activating group) is 1. The predicted molar refractivity (Wildman–Crippen MR) is 93.8 cm³/mol. The molecule has 1 saturated carbocycles. The van der Waals surface area contributed by atoms with Crippen LogP contribution in [0.25, 0.3) is 0 Å². The van der Waals surface area contributed by atoms with Gasteiger partial charge < -0.3 is 10.1 Å². The van der Waals surface area contributed by atoms with Crippen LogP contribution in [0.4, 0.5) is 0 Å². The van der Waals surface area contributed by atoms with Gasteiger partial charge in [-0.2, -0.15) is 0 Å². The maximum absolute atomic E-state index is 12.4.